The molecule has 4 heterocycles. The summed E-state index contributed by atoms with van der Waals surface area (Å²) in [5, 5.41) is 5.22. The average molecular weight is 477 g/mol. The second kappa shape index (κ2) is 9.41. The van der Waals surface area contributed by atoms with Crippen LogP contribution in [0.4, 0.5) is 0 Å². The van der Waals surface area contributed by atoms with Crippen molar-refractivity contribution < 1.29 is 14.3 Å². The van der Waals surface area contributed by atoms with E-state index in [-0.39, 0.29) is 11.8 Å². The lowest BCUT2D eigenvalue weighted by atomic mass is 9.87. The number of hydrogen-bond donors (Lipinski definition) is 0. The Balaban J connectivity index is 1.40. The highest BCUT2D eigenvalue weighted by Gasteiger charge is 2.34. The molecule has 2 amide bonds. The van der Waals surface area contributed by atoms with Crippen molar-refractivity contribution in [1.82, 2.24) is 19.6 Å². The number of ether oxygens (including phenoxy) is 1. The van der Waals surface area contributed by atoms with Gasteiger partial charge >= 0.3 is 0 Å². The Labute approximate surface area is 207 Å². The van der Waals surface area contributed by atoms with E-state index in [4.69, 9.17) is 9.84 Å². The van der Waals surface area contributed by atoms with E-state index in [0.29, 0.717) is 31.6 Å². The van der Waals surface area contributed by atoms with Gasteiger partial charge in [-0.25, -0.2) is 0 Å². The second-order valence-corrected chi connectivity index (χ2v) is 10.7. The normalized spacial score (nSPS) is 21.7. The van der Waals surface area contributed by atoms with Crippen LogP contribution in [0.1, 0.15) is 80.3 Å². The summed E-state index contributed by atoms with van der Waals surface area (Å²) in [6.45, 7) is 5.21. The van der Waals surface area contributed by atoms with Gasteiger partial charge in [-0.1, -0.05) is 37.5 Å². The predicted octanol–water partition coefficient (Wildman–Crippen LogP) is 4.02. The van der Waals surface area contributed by atoms with Crippen LogP contribution >= 0.6 is 0 Å². The van der Waals surface area contributed by atoms with Crippen molar-refractivity contribution >= 4 is 11.8 Å². The van der Waals surface area contributed by atoms with Crippen LogP contribution in [-0.2, 0) is 40.3 Å². The molecule has 0 N–H and O–H groups in total. The summed E-state index contributed by atoms with van der Waals surface area (Å²) in [4.78, 5) is 29.7. The Morgan fingerprint density at radius 1 is 1.00 bits per heavy atom. The number of nitrogens with zero attached hydrogens (tertiary/aromatic N) is 4. The number of amides is 2. The lowest BCUT2D eigenvalue weighted by Crippen LogP contribution is -2.44. The lowest BCUT2D eigenvalue weighted by Gasteiger charge is -2.38. The molecule has 0 bridgehead atoms. The molecule has 7 heteroatoms. The average Bonchev–Trinajstić information content (AvgIpc) is 3.28. The van der Waals surface area contributed by atoms with Crippen molar-refractivity contribution in [2.24, 2.45) is 0 Å². The molecule has 3 aliphatic heterocycles. The van der Waals surface area contributed by atoms with Gasteiger partial charge in [-0.3, -0.25) is 14.3 Å². The van der Waals surface area contributed by atoms with Gasteiger partial charge in [-0.2, -0.15) is 5.10 Å². The highest BCUT2D eigenvalue weighted by atomic mass is 16.5. The van der Waals surface area contributed by atoms with Crippen molar-refractivity contribution in [1.29, 1.82) is 0 Å². The van der Waals surface area contributed by atoms with Gasteiger partial charge in [0.2, 0.25) is 11.8 Å². The van der Waals surface area contributed by atoms with Crippen LogP contribution in [-0.4, -0.2) is 57.2 Å². The minimum absolute atomic E-state index is 0.105. The van der Waals surface area contributed by atoms with Crippen molar-refractivity contribution in [2.75, 3.05) is 19.8 Å². The van der Waals surface area contributed by atoms with Crippen LogP contribution in [0.25, 0.3) is 11.3 Å². The van der Waals surface area contributed by atoms with Gasteiger partial charge in [0.25, 0.3) is 0 Å². The molecule has 7 nitrogen and oxygen atoms in total. The third kappa shape index (κ3) is 4.18. The van der Waals surface area contributed by atoms with Crippen LogP contribution in [0.5, 0.6) is 0 Å². The number of benzene rings is 1. The van der Waals surface area contributed by atoms with Crippen LogP contribution in [0.2, 0.25) is 0 Å². The summed E-state index contributed by atoms with van der Waals surface area (Å²) < 4.78 is 7.85. The standard InChI is InChI=1S/C28H36N4O3/c1-19(33)30-13-10-26-25(18-30)28(29-32(26)22-11-14-35-15-12-22)23-9-5-6-20-17-31(27(34)16-24(20)23)21-7-3-2-4-8-21/h5-6,9,21-22H,2-4,7-8,10-18H2,1H3. The van der Waals surface area contributed by atoms with E-state index in [0.717, 1.165) is 74.2 Å². The summed E-state index contributed by atoms with van der Waals surface area (Å²) >= 11 is 0. The highest BCUT2D eigenvalue weighted by molar-refractivity contribution is 5.85. The molecule has 2 aromatic rings. The zero-order valence-electron chi connectivity index (χ0n) is 20.8. The molecule has 4 aliphatic rings. The Hall–Kier alpha value is -2.67. The molecule has 2 fully saturated rings. The van der Waals surface area contributed by atoms with Crippen LogP contribution in [0.15, 0.2) is 18.2 Å². The fraction of sp³-hybridized carbons (Fsp3) is 0.607. The first-order chi connectivity index (χ1) is 17.1. The fourth-order valence-electron chi connectivity index (χ4n) is 6.63. The molecule has 1 saturated heterocycles. The molecule has 1 aromatic heterocycles. The molecule has 1 aromatic carbocycles. The van der Waals surface area contributed by atoms with Gasteiger partial charge in [0.15, 0.2) is 0 Å². The van der Waals surface area contributed by atoms with E-state index < -0.39 is 0 Å². The summed E-state index contributed by atoms with van der Waals surface area (Å²) in [5.74, 6) is 0.355. The van der Waals surface area contributed by atoms with Gasteiger partial charge in [-0.05, 0) is 36.8 Å². The molecular formula is C28H36N4O3. The molecule has 0 spiro atoms. The molecule has 1 saturated carbocycles. The van der Waals surface area contributed by atoms with Gasteiger partial charge in [0.1, 0.15) is 0 Å². The first-order valence-corrected chi connectivity index (χ1v) is 13.4. The highest BCUT2D eigenvalue weighted by Crippen LogP contribution is 2.38. The maximum Gasteiger partial charge on any atom is 0.227 e. The second-order valence-electron chi connectivity index (χ2n) is 10.7. The molecule has 6 rings (SSSR count). The van der Waals surface area contributed by atoms with Crippen LogP contribution < -0.4 is 0 Å². The SMILES string of the molecule is CC(=O)N1CCc2c(c(-c3cccc4c3CC(=O)N(C3CCCCC3)C4)nn2C2CCOCC2)C1. The van der Waals surface area contributed by atoms with Crippen molar-refractivity contribution in [2.45, 2.75) is 89.9 Å². The predicted molar refractivity (Wildman–Crippen MR) is 133 cm³/mol. The molecule has 0 unspecified atom stereocenters. The molecule has 35 heavy (non-hydrogen) atoms. The summed E-state index contributed by atoms with van der Waals surface area (Å²) in [5.41, 5.74) is 6.84. The van der Waals surface area contributed by atoms with Gasteiger partial charge < -0.3 is 14.5 Å². The monoisotopic (exact) mass is 476 g/mol. The fourth-order valence-corrected chi connectivity index (χ4v) is 6.63. The Morgan fingerprint density at radius 2 is 1.80 bits per heavy atom. The molecule has 0 atom stereocenters. The lowest BCUT2D eigenvalue weighted by molar-refractivity contribution is -0.135. The van der Waals surface area contributed by atoms with E-state index in [1.807, 2.05) is 4.90 Å². The summed E-state index contributed by atoms with van der Waals surface area (Å²) in [7, 11) is 0. The molecule has 0 radical (unpaired) electrons. The number of carbonyl (C=O) groups is 2. The Bertz CT molecular complexity index is 1130. The van der Waals surface area contributed by atoms with E-state index in [2.05, 4.69) is 27.8 Å². The summed E-state index contributed by atoms with van der Waals surface area (Å²) in [6.07, 6.45) is 9.19. The number of fused-ring (bicyclic) bond motifs is 2. The molecule has 186 valence electrons. The largest absolute Gasteiger partial charge is 0.381 e. The van der Waals surface area contributed by atoms with E-state index in [1.54, 1.807) is 6.92 Å². The van der Waals surface area contributed by atoms with Crippen molar-refractivity contribution in [3.05, 3.63) is 40.6 Å². The first kappa shape index (κ1) is 22.8. The van der Waals surface area contributed by atoms with Gasteiger partial charge in [0, 0.05) is 69.1 Å². The molecular weight excluding hydrogens is 440 g/mol. The van der Waals surface area contributed by atoms with E-state index in [1.165, 1.54) is 30.5 Å². The van der Waals surface area contributed by atoms with Crippen LogP contribution in [0.3, 0.4) is 0 Å². The minimum Gasteiger partial charge on any atom is -0.381 e. The zero-order valence-corrected chi connectivity index (χ0v) is 20.8. The molecule has 1 aliphatic carbocycles. The van der Waals surface area contributed by atoms with Crippen molar-refractivity contribution in [3.63, 3.8) is 0 Å². The summed E-state index contributed by atoms with van der Waals surface area (Å²) in [6, 6.07) is 7.15. The number of rotatable bonds is 3. The Kier molecular flexibility index (Phi) is 6.13. The third-order valence-electron chi connectivity index (χ3n) is 8.60. The number of carbonyl (C=O) groups excluding carboxylic acids is 2. The van der Waals surface area contributed by atoms with Gasteiger partial charge in [-0.15, -0.1) is 0 Å². The van der Waals surface area contributed by atoms with Crippen LogP contribution in [0, 0.1) is 0 Å². The topological polar surface area (TPSA) is 67.7 Å². The quantitative estimate of drug-likeness (QED) is 0.671. The maximum atomic E-state index is 13.4. The Morgan fingerprint density at radius 3 is 2.57 bits per heavy atom. The first-order valence-electron chi connectivity index (χ1n) is 13.4. The number of aromatic nitrogens is 2. The maximum absolute atomic E-state index is 13.4. The third-order valence-corrected chi connectivity index (χ3v) is 8.60. The smallest absolute Gasteiger partial charge is 0.227 e. The minimum atomic E-state index is 0.105. The zero-order chi connectivity index (χ0) is 23.9. The van der Waals surface area contributed by atoms with E-state index in [9.17, 15) is 9.59 Å². The van der Waals surface area contributed by atoms with Crippen molar-refractivity contribution in [3.8, 4) is 11.3 Å². The number of hydrogen-bond acceptors (Lipinski definition) is 4. The van der Waals surface area contributed by atoms with E-state index >= 15 is 0 Å². The van der Waals surface area contributed by atoms with Gasteiger partial charge in [0.05, 0.1) is 18.2 Å².